The average molecular weight is 219 g/mol. The molecule has 0 saturated heterocycles. The van der Waals surface area contributed by atoms with E-state index in [1.807, 2.05) is 12.1 Å². The molecule has 1 aliphatic heterocycles. The van der Waals surface area contributed by atoms with Gasteiger partial charge in [0.15, 0.2) is 0 Å². The number of methoxy groups -OCH3 is 1. The molecule has 86 valence electrons. The number of carbonyl (C=O) groups is 1. The van der Waals surface area contributed by atoms with Gasteiger partial charge in [0.05, 0.1) is 12.7 Å². The third-order valence-corrected chi connectivity index (χ3v) is 3.17. The Kier molecular flexibility index (Phi) is 3.25. The van der Waals surface area contributed by atoms with E-state index in [0.717, 1.165) is 26.1 Å². The van der Waals surface area contributed by atoms with Crippen molar-refractivity contribution in [2.24, 2.45) is 0 Å². The molecule has 0 amide bonds. The van der Waals surface area contributed by atoms with Crippen molar-refractivity contribution in [1.29, 1.82) is 0 Å². The Morgan fingerprint density at radius 2 is 2.25 bits per heavy atom. The Bertz CT molecular complexity index is 401. The molecule has 3 heteroatoms. The van der Waals surface area contributed by atoms with Crippen LogP contribution in [0.15, 0.2) is 18.2 Å². The molecule has 16 heavy (non-hydrogen) atoms. The van der Waals surface area contributed by atoms with E-state index in [2.05, 4.69) is 17.9 Å². The Hall–Kier alpha value is -1.35. The van der Waals surface area contributed by atoms with Gasteiger partial charge in [-0.05, 0) is 36.2 Å². The van der Waals surface area contributed by atoms with Crippen molar-refractivity contribution in [1.82, 2.24) is 4.90 Å². The second kappa shape index (κ2) is 4.66. The first-order valence-electron chi connectivity index (χ1n) is 5.67. The zero-order valence-electron chi connectivity index (χ0n) is 9.82. The molecule has 0 radical (unpaired) electrons. The third kappa shape index (κ3) is 2.09. The molecule has 0 bridgehead atoms. The second-order valence-corrected chi connectivity index (χ2v) is 4.09. The number of esters is 1. The summed E-state index contributed by atoms with van der Waals surface area (Å²) >= 11 is 0. The summed E-state index contributed by atoms with van der Waals surface area (Å²) in [5.74, 6) is -0.253. The molecule has 3 nitrogen and oxygen atoms in total. The Morgan fingerprint density at radius 1 is 1.44 bits per heavy atom. The summed E-state index contributed by atoms with van der Waals surface area (Å²) in [7, 11) is 1.42. The number of rotatable bonds is 2. The van der Waals surface area contributed by atoms with Crippen LogP contribution < -0.4 is 0 Å². The molecule has 0 spiro atoms. The lowest BCUT2D eigenvalue weighted by Crippen LogP contribution is -2.30. The lowest BCUT2D eigenvalue weighted by Gasteiger charge is -2.27. The molecular weight excluding hydrogens is 202 g/mol. The molecule has 0 aromatic heterocycles. The fourth-order valence-corrected chi connectivity index (χ4v) is 2.13. The van der Waals surface area contributed by atoms with Gasteiger partial charge in [-0.25, -0.2) is 4.79 Å². The van der Waals surface area contributed by atoms with Crippen molar-refractivity contribution in [3.8, 4) is 0 Å². The van der Waals surface area contributed by atoms with Crippen LogP contribution in [0.4, 0.5) is 0 Å². The second-order valence-electron chi connectivity index (χ2n) is 4.09. The minimum Gasteiger partial charge on any atom is -0.465 e. The first kappa shape index (κ1) is 11.1. The summed E-state index contributed by atoms with van der Waals surface area (Å²) in [6, 6.07) is 5.86. The van der Waals surface area contributed by atoms with Gasteiger partial charge in [-0.2, -0.15) is 0 Å². The molecule has 1 aromatic carbocycles. The van der Waals surface area contributed by atoms with Crippen LogP contribution in [0.3, 0.4) is 0 Å². The van der Waals surface area contributed by atoms with Gasteiger partial charge in [0.25, 0.3) is 0 Å². The zero-order valence-corrected chi connectivity index (χ0v) is 9.82. The summed E-state index contributed by atoms with van der Waals surface area (Å²) in [6.45, 7) is 5.27. The lowest BCUT2D eigenvalue weighted by atomic mass is 9.97. The van der Waals surface area contributed by atoms with Gasteiger partial charge in [0, 0.05) is 13.1 Å². The maximum absolute atomic E-state index is 11.4. The molecule has 0 aliphatic carbocycles. The number of hydrogen-bond donors (Lipinski definition) is 0. The van der Waals surface area contributed by atoms with Crippen molar-refractivity contribution in [2.75, 3.05) is 20.2 Å². The summed E-state index contributed by atoms with van der Waals surface area (Å²) in [5.41, 5.74) is 3.27. The molecule has 0 N–H and O–H groups in total. The lowest BCUT2D eigenvalue weighted by molar-refractivity contribution is 0.0600. The fourth-order valence-electron chi connectivity index (χ4n) is 2.13. The van der Waals surface area contributed by atoms with Crippen molar-refractivity contribution >= 4 is 5.97 Å². The highest BCUT2D eigenvalue weighted by Gasteiger charge is 2.16. The highest BCUT2D eigenvalue weighted by Crippen LogP contribution is 2.20. The maximum atomic E-state index is 11.4. The molecule has 1 aromatic rings. The van der Waals surface area contributed by atoms with E-state index in [-0.39, 0.29) is 5.97 Å². The van der Waals surface area contributed by atoms with E-state index >= 15 is 0 Å². The number of hydrogen-bond acceptors (Lipinski definition) is 3. The van der Waals surface area contributed by atoms with Gasteiger partial charge in [0.1, 0.15) is 0 Å². The predicted molar refractivity (Wildman–Crippen MR) is 62.4 cm³/mol. The topological polar surface area (TPSA) is 29.5 Å². The molecule has 0 unspecified atom stereocenters. The molecular formula is C13H17NO2. The van der Waals surface area contributed by atoms with Gasteiger partial charge in [-0.3, -0.25) is 4.90 Å². The van der Waals surface area contributed by atoms with Gasteiger partial charge in [0.2, 0.25) is 0 Å². The van der Waals surface area contributed by atoms with E-state index in [1.54, 1.807) is 0 Å². The molecule has 1 aliphatic rings. The number of ether oxygens (including phenoxy) is 1. The van der Waals surface area contributed by atoms with Crippen molar-refractivity contribution in [2.45, 2.75) is 19.9 Å². The number of likely N-dealkylation sites (N-methyl/N-ethyl adjacent to an activating group) is 1. The highest BCUT2D eigenvalue weighted by molar-refractivity contribution is 5.89. The Morgan fingerprint density at radius 3 is 2.94 bits per heavy atom. The van der Waals surface area contributed by atoms with Crippen molar-refractivity contribution in [3.63, 3.8) is 0 Å². The van der Waals surface area contributed by atoms with Crippen LogP contribution >= 0.6 is 0 Å². The average Bonchev–Trinajstić information content (AvgIpc) is 2.36. The molecule has 0 saturated carbocycles. The fraction of sp³-hybridized carbons (Fsp3) is 0.462. The van der Waals surface area contributed by atoms with Gasteiger partial charge in [-0.1, -0.05) is 13.0 Å². The van der Waals surface area contributed by atoms with Crippen LogP contribution in [-0.2, 0) is 17.7 Å². The summed E-state index contributed by atoms with van der Waals surface area (Å²) in [5, 5.41) is 0. The van der Waals surface area contributed by atoms with Crippen molar-refractivity contribution in [3.05, 3.63) is 34.9 Å². The molecule has 2 rings (SSSR count). The minimum absolute atomic E-state index is 0.253. The van der Waals surface area contributed by atoms with Gasteiger partial charge >= 0.3 is 5.97 Å². The highest BCUT2D eigenvalue weighted by atomic mass is 16.5. The van der Waals surface area contributed by atoms with E-state index in [9.17, 15) is 4.79 Å². The SMILES string of the molecule is CCN1CCc2ccc(C(=O)OC)cc2C1. The normalized spacial score (nSPS) is 15.6. The summed E-state index contributed by atoms with van der Waals surface area (Å²) in [4.78, 5) is 13.8. The summed E-state index contributed by atoms with van der Waals surface area (Å²) in [6.07, 6.45) is 1.07. The van der Waals surface area contributed by atoms with Crippen LogP contribution in [0.2, 0.25) is 0 Å². The van der Waals surface area contributed by atoms with Crippen LogP contribution in [0.25, 0.3) is 0 Å². The molecule has 1 heterocycles. The minimum atomic E-state index is -0.253. The Labute approximate surface area is 96.0 Å². The number of fused-ring (bicyclic) bond motifs is 1. The Balaban J connectivity index is 2.27. The van der Waals surface area contributed by atoms with Crippen LogP contribution in [0.1, 0.15) is 28.4 Å². The number of benzene rings is 1. The number of carbonyl (C=O) groups excluding carboxylic acids is 1. The predicted octanol–water partition coefficient (Wildman–Crippen LogP) is 1.85. The zero-order chi connectivity index (χ0) is 11.5. The van der Waals surface area contributed by atoms with E-state index in [4.69, 9.17) is 4.74 Å². The van der Waals surface area contributed by atoms with Crippen LogP contribution in [0.5, 0.6) is 0 Å². The monoisotopic (exact) mass is 219 g/mol. The number of nitrogens with zero attached hydrogens (tertiary/aromatic N) is 1. The molecule has 0 fully saturated rings. The molecule has 0 atom stereocenters. The first-order valence-corrected chi connectivity index (χ1v) is 5.67. The van der Waals surface area contributed by atoms with Crippen LogP contribution in [-0.4, -0.2) is 31.1 Å². The van der Waals surface area contributed by atoms with Crippen molar-refractivity contribution < 1.29 is 9.53 Å². The largest absolute Gasteiger partial charge is 0.465 e. The van der Waals surface area contributed by atoms with Gasteiger partial charge in [-0.15, -0.1) is 0 Å². The van der Waals surface area contributed by atoms with E-state index in [0.29, 0.717) is 5.56 Å². The quantitative estimate of drug-likeness (QED) is 0.711. The first-order chi connectivity index (χ1) is 7.74. The van der Waals surface area contributed by atoms with Gasteiger partial charge < -0.3 is 4.74 Å². The smallest absolute Gasteiger partial charge is 0.337 e. The van der Waals surface area contributed by atoms with Crippen LogP contribution in [0, 0.1) is 0 Å². The third-order valence-electron chi connectivity index (χ3n) is 3.17. The van der Waals surface area contributed by atoms with E-state index < -0.39 is 0 Å². The standard InChI is InChI=1S/C13H17NO2/c1-3-14-7-6-10-4-5-11(13(15)16-2)8-12(10)9-14/h4-5,8H,3,6-7,9H2,1-2H3. The van der Waals surface area contributed by atoms with E-state index in [1.165, 1.54) is 18.2 Å². The maximum Gasteiger partial charge on any atom is 0.337 e. The summed E-state index contributed by atoms with van der Waals surface area (Å²) < 4.78 is 4.73.